The van der Waals surface area contributed by atoms with Crippen molar-refractivity contribution in [3.8, 4) is 0 Å². The number of nitrogens with zero attached hydrogens (tertiary/aromatic N) is 2. The number of amides is 1. The molecule has 0 aliphatic carbocycles. The number of carboxylic acid groups (broad SMARTS) is 1. The first-order valence-corrected chi connectivity index (χ1v) is 14.2. The highest BCUT2D eigenvalue weighted by atomic mass is 32.2. The minimum absolute atomic E-state index is 0.0288. The van der Waals surface area contributed by atoms with Gasteiger partial charge in [-0.2, -0.15) is 13.1 Å². The molecule has 1 heterocycles. The molecule has 3 aromatic carbocycles. The van der Waals surface area contributed by atoms with Gasteiger partial charge in [-0.3, -0.25) is 9.69 Å². The number of hydrogen-bond acceptors (Lipinski definition) is 5. The van der Waals surface area contributed by atoms with Crippen LogP contribution in [0.15, 0.2) is 95.9 Å². The second-order valence-electron chi connectivity index (χ2n) is 9.55. The van der Waals surface area contributed by atoms with E-state index in [1.54, 1.807) is 66.7 Å². The van der Waals surface area contributed by atoms with Crippen molar-refractivity contribution >= 4 is 21.9 Å². The van der Waals surface area contributed by atoms with Crippen molar-refractivity contribution in [2.24, 2.45) is 0 Å². The van der Waals surface area contributed by atoms with Crippen LogP contribution >= 0.6 is 0 Å². The number of alkyl halides is 2. The summed E-state index contributed by atoms with van der Waals surface area (Å²) in [7, 11) is -4.45. The van der Waals surface area contributed by atoms with Crippen LogP contribution in [0.2, 0.25) is 0 Å². The lowest BCUT2D eigenvalue weighted by molar-refractivity contribution is -0.150. The summed E-state index contributed by atoms with van der Waals surface area (Å²) in [6, 6.07) is 21.0. The lowest BCUT2D eigenvalue weighted by atomic mass is 9.95. The Kier molecular flexibility index (Phi) is 9.28. The maximum absolute atomic E-state index is 16.0. The number of carbonyl (C=O) groups excluding carboxylic acids is 1. The summed E-state index contributed by atoms with van der Waals surface area (Å²) in [5, 5.41) is 10.0. The number of ether oxygens (including phenoxy) is 1. The van der Waals surface area contributed by atoms with Gasteiger partial charge in [-0.25, -0.2) is 13.2 Å². The Morgan fingerprint density at radius 2 is 1.48 bits per heavy atom. The zero-order valence-electron chi connectivity index (χ0n) is 21.6. The van der Waals surface area contributed by atoms with E-state index in [1.807, 2.05) is 0 Å². The molecule has 0 aromatic heterocycles. The summed E-state index contributed by atoms with van der Waals surface area (Å²) in [6.07, 6.45) is -1.58. The van der Waals surface area contributed by atoms with Gasteiger partial charge in [0.05, 0.1) is 24.1 Å². The largest absolute Gasteiger partial charge is 0.465 e. The molecule has 11 heteroatoms. The van der Waals surface area contributed by atoms with E-state index in [1.165, 1.54) is 24.3 Å². The topological polar surface area (TPSA) is 104 Å². The Morgan fingerprint density at radius 3 is 2.00 bits per heavy atom. The van der Waals surface area contributed by atoms with E-state index >= 15 is 8.78 Å². The summed E-state index contributed by atoms with van der Waals surface area (Å²) in [6.45, 7) is -1.67. The maximum atomic E-state index is 16.0. The minimum Gasteiger partial charge on any atom is -0.465 e. The minimum atomic E-state index is -4.45. The highest BCUT2D eigenvalue weighted by Gasteiger charge is 2.50. The highest BCUT2D eigenvalue weighted by Crippen LogP contribution is 2.29. The third-order valence-corrected chi connectivity index (χ3v) is 8.55. The smallest absolute Gasteiger partial charge is 0.408 e. The van der Waals surface area contributed by atoms with Gasteiger partial charge in [-0.05, 0) is 29.7 Å². The molecule has 0 radical (unpaired) electrons. The number of carbonyl (C=O) groups is 2. The molecular formula is C29H30F2N2O6S. The molecule has 0 unspecified atom stereocenters. The van der Waals surface area contributed by atoms with Gasteiger partial charge in [0, 0.05) is 19.6 Å². The van der Waals surface area contributed by atoms with Crippen LogP contribution in [-0.2, 0) is 32.5 Å². The monoisotopic (exact) mass is 572 g/mol. The number of ketones is 1. The second kappa shape index (κ2) is 12.7. The van der Waals surface area contributed by atoms with Crippen molar-refractivity contribution < 1.29 is 36.6 Å². The van der Waals surface area contributed by atoms with Gasteiger partial charge in [0.25, 0.3) is 0 Å². The highest BCUT2D eigenvalue weighted by molar-refractivity contribution is 7.89. The van der Waals surface area contributed by atoms with Crippen LogP contribution in [0.3, 0.4) is 0 Å². The van der Waals surface area contributed by atoms with Crippen molar-refractivity contribution in [3.05, 3.63) is 102 Å². The Hall–Kier alpha value is -3.67. The van der Waals surface area contributed by atoms with Gasteiger partial charge in [-0.15, -0.1) is 0 Å². The lowest BCUT2D eigenvalue weighted by Gasteiger charge is -2.35. The van der Waals surface area contributed by atoms with Gasteiger partial charge >= 0.3 is 12.0 Å². The normalized spacial score (nSPS) is 16.5. The van der Waals surface area contributed by atoms with Crippen molar-refractivity contribution in [1.29, 1.82) is 0 Å². The average Bonchev–Trinajstić information content (AvgIpc) is 3.47. The lowest BCUT2D eigenvalue weighted by Crippen LogP contribution is -2.58. The van der Waals surface area contributed by atoms with Crippen LogP contribution < -0.4 is 0 Å². The fraction of sp³-hybridized carbons (Fsp3) is 0.310. The third kappa shape index (κ3) is 6.90. The zero-order valence-corrected chi connectivity index (χ0v) is 22.4. The van der Waals surface area contributed by atoms with E-state index in [4.69, 9.17) is 4.74 Å². The quantitative estimate of drug-likeness (QED) is 0.344. The molecule has 1 N–H and O–H groups in total. The van der Waals surface area contributed by atoms with E-state index in [0.29, 0.717) is 15.4 Å². The molecule has 2 atom stereocenters. The first-order valence-electron chi connectivity index (χ1n) is 12.7. The van der Waals surface area contributed by atoms with Crippen LogP contribution in [0.4, 0.5) is 13.6 Å². The molecule has 0 saturated carbocycles. The number of sulfonamides is 1. The molecule has 1 aliphatic rings. The fourth-order valence-corrected chi connectivity index (χ4v) is 6.19. The summed E-state index contributed by atoms with van der Waals surface area (Å²) in [5.74, 6) is -5.89. The van der Waals surface area contributed by atoms with Gasteiger partial charge < -0.3 is 9.84 Å². The van der Waals surface area contributed by atoms with Crippen molar-refractivity contribution in [2.75, 3.05) is 19.8 Å². The van der Waals surface area contributed by atoms with Gasteiger partial charge in [0.1, 0.15) is 6.04 Å². The van der Waals surface area contributed by atoms with E-state index in [9.17, 15) is 23.1 Å². The predicted molar refractivity (Wildman–Crippen MR) is 143 cm³/mol. The molecule has 40 heavy (non-hydrogen) atoms. The number of hydrogen-bond donors (Lipinski definition) is 1. The van der Waals surface area contributed by atoms with E-state index in [0.717, 1.165) is 4.90 Å². The maximum Gasteiger partial charge on any atom is 0.408 e. The second-order valence-corrected chi connectivity index (χ2v) is 11.5. The summed E-state index contributed by atoms with van der Waals surface area (Å²) in [5.41, 5.74) is 0.932. The third-order valence-electron chi connectivity index (χ3n) is 6.75. The van der Waals surface area contributed by atoms with Gasteiger partial charge in [0.15, 0.2) is 0 Å². The number of rotatable bonds is 12. The molecule has 212 valence electrons. The first-order chi connectivity index (χ1) is 19.1. The summed E-state index contributed by atoms with van der Waals surface area (Å²) >= 11 is 0. The predicted octanol–water partition coefficient (Wildman–Crippen LogP) is 4.46. The zero-order chi connectivity index (χ0) is 28.8. The van der Waals surface area contributed by atoms with Gasteiger partial charge in [0.2, 0.25) is 15.8 Å². The molecule has 8 nitrogen and oxygen atoms in total. The average molecular weight is 573 g/mol. The molecule has 0 bridgehead atoms. The molecule has 1 saturated heterocycles. The fourth-order valence-electron chi connectivity index (χ4n) is 4.74. The number of Topliss-reactive ketones (excluding diaryl/α,β-unsaturated/α-hetero) is 1. The van der Waals surface area contributed by atoms with Crippen LogP contribution in [0.5, 0.6) is 0 Å². The van der Waals surface area contributed by atoms with Gasteiger partial charge in [-0.1, -0.05) is 78.9 Å². The standard InChI is InChI=1S/C29H30F2N2O6S/c30-29(31,21-32(19-23-12-6-2-7-13-23)40(37,38)25-14-8-3-9-15-25)27(34)26(18-22-10-4-1-5-11-22)33(28(35)36)24-16-17-39-20-24/h1-15,24,26H,16-21H2,(H,35,36)/t24-,26-/m0/s1. The van der Waals surface area contributed by atoms with Crippen molar-refractivity contribution in [2.45, 2.75) is 42.3 Å². The molecule has 0 spiro atoms. The molecule has 1 aliphatic heterocycles. The van der Waals surface area contributed by atoms with Crippen LogP contribution in [0, 0.1) is 0 Å². The first kappa shape index (κ1) is 29.3. The van der Waals surface area contributed by atoms with Crippen LogP contribution in [0.1, 0.15) is 17.5 Å². The molecular weight excluding hydrogens is 542 g/mol. The van der Waals surface area contributed by atoms with E-state index < -0.39 is 53.0 Å². The van der Waals surface area contributed by atoms with E-state index in [2.05, 4.69) is 0 Å². The van der Waals surface area contributed by atoms with Crippen LogP contribution in [-0.4, -0.2) is 72.4 Å². The summed E-state index contributed by atoms with van der Waals surface area (Å²) in [4.78, 5) is 26.5. The molecule has 4 rings (SSSR count). The van der Waals surface area contributed by atoms with Crippen molar-refractivity contribution in [1.82, 2.24) is 9.21 Å². The van der Waals surface area contributed by atoms with E-state index in [-0.39, 0.29) is 31.0 Å². The molecule has 1 fully saturated rings. The Morgan fingerprint density at radius 1 is 0.925 bits per heavy atom. The SMILES string of the molecule is O=C(O)N([C@H]1CCOC1)[C@@H](Cc1ccccc1)C(=O)C(F)(F)CN(Cc1ccccc1)S(=O)(=O)c1ccccc1. The Balaban J connectivity index is 1.70. The van der Waals surface area contributed by atoms with Crippen molar-refractivity contribution in [3.63, 3.8) is 0 Å². The number of benzene rings is 3. The number of halogens is 2. The molecule has 3 aromatic rings. The Labute approximate surface area is 231 Å². The van der Waals surface area contributed by atoms with Crippen LogP contribution in [0.25, 0.3) is 0 Å². The molecule has 1 amide bonds. The summed E-state index contributed by atoms with van der Waals surface area (Å²) < 4.78 is 64.8. The Bertz CT molecular complexity index is 1390.